The second-order valence-corrected chi connectivity index (χ2v) is 7.44. The maximum absolute atomic E-state index is 12.7. The number of nitrogens with two attached hydrogens (primary N) is 1. The molecule has 0 atom stereocenters. The number of nitro groups is 1. The summed E-state index contributed by atoms with van der Waals surface area (Å²) >= 11 is 1.52. The summed E-state index contributed by atoms with van der Waals surface area (Å²) in [6.45, 7) is 1.96. The molecule has 13 nitrogen and oxygen atoms in total. The average Bonchev–Trinajstić information content (AvgIpc) is 3.47. The van der Waals surface area contributed by atoms with Crippen LogP contribution in [-0.2, 0) is 0 Å². The molecule has 0 unspecified atom stereocenters. The zero-order valence-electron chi connectivity index (χ0n) is 15.8. The van der Waals surface area contributed by atoms with Gasteiger partial charge in [0, 0.05) is 27.5 Å². The number of hydrogen-bond donors (Lipinski definition) is 2. The Morgan fingerprint density at radius 2 is 2.06 bits per heavy atom. The molecule has 1 aromatic carbocycles. The molecule has 14 heteroatoms. The van der Waals surface area contributed by atoms with E-state index in [2.05, 4.69) is 35.8 Å². The summed E-state index contributed by atoms with van der Waals surface area (Å²) < 4.78 is 5.76. The van der Waals surface area contributed by atoms with Gasteiger partial charge < -0.3 is 5.73 Å². The number of non-ortho nitro benzene ring substituents is 1. The van der Waals surface area contributed by atoms with Gasteiger partial charge in [0.05, 0.1) is 11.1 Å². The largest absolute Gasteiger partial charge is 0.378 e. The van der Waals surface area contributed by atoms with Crippen molar-refractivity contribution in [2.75, 3.05) is 5.73 Å². The molecule has 0 aliphatic carbocycles. The van der Waals surface area contributed by atoms with Gasteiger partial charge in [0.15, 0.2) is 5.69 Å². The average molecular weight is 439 g/mol. The lowest BCUT2D eigenvalue weighted by atomic mass is 10.1. The maximum atomic E-state index is 12.7. The van der Waals surface area contributed by atoms with Crippen molar-refractivity contribution in [3.63, 3.8) is 0 Å². The number of amides is 1. The van der Waals surface area contributed by atoms with Crippen LogP contribution in [-0.4, -0.2) is 42.4 Å². The molecule has 0 saturated carbocycles. The predicted molar refractivity (Wildman–Crippen MR) is 110 cm³/mol. The van der Waals surface area contributed by atoms with Crippen molar-refractivity contribution in [1.82, 2.24) is 30.7 Å². The number of nitrogen functional groups attached to an aromatic ring is 1. The summed E-state index contributed by atoms with van der Waals surface area (Å²) in [5.74, 6) is -0.720. The SMILES string of the molecule is Cc1ccc(/C=N\NC(=O)c2nnn(-c3nonc3N)c2-c2ccc([N+](=O)[O-])cc2)s1. The summed E-state index contributed by atoms with van der Waals surface area (Å²) in [4.78, 5) is 25.1. The number of aromatic nitrogens is 5. The Hall–Kier alpha value is -4.46. The normalized spacial score (nSPS) is 11.1. The Morgan fingerprint density at radius 1 is 1.29 bits per heavy atom. The van der Waals surface area contributed by atoms with E-state index >= 15 is 0 Å². The van der Waals surface area contributed by atoms with Gasteiger partial charge in [0.1, 0.15) is 5.69 Å². The monoisotopic (exact) mass is 439 g/mol. The molecule has 0 spiro atoms. The summed E-state index contributed by atoms with van der Waals surface area (Å²) in [7, 11) is 0. The third-order valence-corrected chi connectivity index (χ3v) is 4.99. The van der Waals surface area contributed by atoms with Crippen LogP contribution in [0.15, 0.2) is 46.1 Å². The Morgan fingerprint density at radius 3 is 2.68 bits per heavy atom. The molecule has 3 heterocycles. The molecule has 0 radical (unpaired) electrons. The van der Waals surface area contributed by atoms with Crippen LogP contribution in [0.5, 0.6) is 0 Å². The van der Waals surface area contributed by atoms with Crippen LogP contribution in [0.3, 0.4) is 0 Å². The smallest absolute Gasteiger partial charge is 0.294 e. The van der Waals surface area contributed by atoms with E-state index in [1.165, 1.54) is 41.8 Å². The maximum Gasteiger partial charge on any atom is 0.294 e. The van der Waals surface area contributed by atoms with Gasteiger partial charge in [-0.3, -0.25) is 14.9 Å². The van der Waals surface area contributed by atoms with Gasteiger partial charge in [-0.05, 0) is 41.5 Å². The van der Waals surface area contributed by atoms with Crippen LogP contribution in [0.2, 0.25) is 0 Å². The topological polar surface area (TPSA) is 180 Å². The minimum absolute atomic E-state index is 0.0115. The Labute approximate surface area is 177 Å². The highest BCUT2D eigenvalue weighted by molar-refractivity contribution is 7.13. The molecule has 156 valence electrons. The number of carbonyl (C=O) groups excluding carboxylic acids is 1. The zero-order valence-corrected chi connectivity index (χ0v) is 16.6. The quantitative estimate of drug-likeness (QED) is 0.258. The molecule has 4 aromatic rings. The van der Waals surface area contributed by atoms with Crippen LogP contribution >= 0.6 is 11.3 Å². The summed E-state index contributed by atoms with van der Waals surface area (Å²) in [6, 6.07) is 9.28. The summed E-state index contributed by atoms with van der Waals surface area (Å²) in [5, 5.41) is 29.9. The first kappa shape index (κ1) is 19.8. The van der Waals surface area contributed by atoms with Gasteiger partial charge in [-0.25, -0.2) is 10.1 Å². The molecule has 0 fully saturated rings. The fourth-order valence-corrected chi connectivity index (χ4v) is 3.40. The molecule has 0 bridgehead atoms. The lowest BCUT2D eigenvalue weighted by molar-refractivity contribution is -0.384. The lowest BCUT2D eigenvalue weighted by Gasteiger charge is -2.05. The van der Waals surface area contributed by atoms with E-state index in [0.29, 0.717) is 5.56 Å². The number of thiophene rings is 1. The Kier molecular flexibility index (Phi) is 5.19. The van der Waals surface area contributed by atoms with Gasteiger partial charge in [-0.2, -0.15) is 9.78 Å². The molecule has 0 aliphatic heterocycles. The number of anilines is 1. The fraction of sp³-hybridized carbons (Fsp3) is 0.0588. The van der Waals surface area contributed by atoms with E-state index < -0.39 is 10.8 Å². The predicted octanol–water partition coefficient (Wildman–Crippen LogP) is 1.94. The highest BCUT2D eigenvalue weighted by Gasteiger charge is 2.25. The van der Waals surface area contributed by atoms with Crippen LogP contribution in [0.25, 0.3) is 17.1 Å². The van der Waals surface area contributed by atoms with Gasteiger partial charge >= 0.3 is 0 Å². The van der Waals surface area contributed by atoms with Crippen LogP contribution in [0.1, 0.15) is 20.2 Å². The van der Waals surface area contributed by atoms with Crippen LogP contribution in [0, 0.1) is 17.0 Å². The Balaban J connectivity index is 1.71. The first-order chi connectivity index (χ1) is 14.9. The number of nitro benzene ring substituents is 1. The molecular formula is C17H13N9O4S. The number of rotatable bonds is 6. The van der Waals surface area contributed by atoms with Gasteiger partial charge in [-0.1, -0.05) is 5.21 Å². The van der Waals surface area contributed by atoms with Crippen LogP contribution < -0.4 is 11.2 Å². The third kappa shape index (κ3) is 3.99. The number of hydrazone groups is 1. The Bertz CT molecular complexity index is 1290. The van der Waals surface area contributed by atoms with E-state index in [0.717, 1.165) is 14.4 Å². The molecule has 3 aromatic heterocycles. The molecule has 1 amide bonds. The van der Waals surface area contributed by atoms with E-state index in [-0.39, 0.29) is 28.7 Å². The van der Waals surface area contributed by atoms with E-state index in [9.17, 15) is 14.9 Å². The van der Waals surface area contributed by atoms with Crippen molar-refractivity contribution >= 4 is 35.0 Å². The molecule has 31 heavy (non-hydrogen) atoms. The van der Waals surface area contributed by atoms with Crippen molar-refractivity contribution in [2.24, 2.45) is 5.10 Å². The molecular weight excluding hydrogens is 426 g/mol. The van der Waals surface area contributed by atoms with Crippen molar-refractivity contribution in [2.45, 2.75) is 6.92 Å². The molecule has 0 aliphatic rings. The van der Waals surface area contributed by atoms with Gasteiger partial charge in [-0.15, -0.1) is 16.4 Å². The van der Waals surface area contributed by atoms with Crippen molar-refractivity contribution in [3.05, 3.63) is 62.0 Å². The number of nitrogens with zero attached hydrogens (tertiary/aromatic N) is 7. The number of hydrogen-bond acceptors (Lipinski definition) is 11. The van der Waals surface area contributed by atoms with E-state index in [1.807, 2.05) is 19.1 Å². The molecule has 3 N–H and O–H groups in total. The fourth-order valence-electron chi connectivity index (χ4n) is 2.65. The van der Waals surface area contributed by atoms with E-state index in [1.54, 1.807) is 0 Å². The highest BCUT2D eigenvalue weighted by Crippen LogP contribution is 2.28. The van der Waals surface area contributed by atoms with E-state index in [4.69, 9.17) is 5.73 Å². The van der Waals surface area contributed by atoms with Gasteiger partial charge in [0.2, 0.25) is 11.6 Å². The molecule has 0 saturated heterocycles. The highest BCUT2D eigenvalue weighted by atomic mass is 32.1. The second-order valence-electron chi connectivity index (χ2n) is 6.12. The van der Waals surface area contributed by atoms with Crippen molar-refractivity contribution in [1.29, 1.82) is 0 Å². The zero-order chi connectivity index (χ0) is 22.0. The van der Waals surface area contributed by atoms with Crippen molar-refractivity contribution in [3.8, 4) is 17.1 Å². The number of benzene rings is 1. The summed E-state index contributed by atoms with van der Waals surface area (Å²) in [5.41, 5.74) is 8.50. The minimum atomic E-state index is -0.654. The minimum Gasteiger partial charge on any atom is -0.378 e. The number of nitrogens with one attached hydrogen (secondary N) is 1. The standard InChI is InChI=1S/C17H13N9O4S/c1-9-2-7-12(31-9)8-19-21-17(27)13-14(10-3-5-11(6-4-10)26(28)29)25(24-20-13)16-15(18)22-30-23-16/h2-8H,1H3,(H2,18,22)(H,21,27)/b19-8-. The summed E-state index contributed by atoms with van der Waals surface area (Å²) in [6.07, 6.45) is 1.51. The number of carbonyl (C=O) groups is 1. The number of aryl methyl sites for hydroxylation is 1. The first-order valence-corrected chi connectivity index (χ1v) is 9.44. The van der Waals surface area contributed by atoms with Crippen LogP contribution in [0.4, 0.5) is 11.5 Å². The lowest BCUT2D eigenvalue weighted by Crippen LogP contribution is -2.19. The molecule has 4 rings (SSSR count). The van der Waals surface area contributed by atoms with Crippen molar-refractivity contribution < 1.29 is 14.3 Å². The van der Waals surface area contributed by atoms with Gasteiger partial charge in [0.25, 0.3) is 11.6 Å². The second kappa shape index (κ2) is 8.11. The third-order valence-electron chi connectivity index (χ3n) is 4.05. The first-order valence-electron chi connectivity index (χ1n) is 8.63.